The topological polar surface area (TPSA) is 28.2 Å². The summed E-state index contributed by atoms with van der Waals surface area (Å²) >= 11 is 0. The van der Waals surface area contributed by atoms with Gasteiger partial charge < -0.3 is 5.32 Å². The van der Waals surface area contributed by atoms with Crippen LogP contribution in [0.2, 0.25) is 0 Å². The van der Waals surface area contributed by atoms with Crippen molar-refractivity contribution in [3.8, 4) is 0 Å². The van der Waals surface area contributed by atoms with E-state index in [1.807, 2.05) is 12.4 Å². The molecule has 0 bridgehead atoms. The molecule has 1 N–H and O–H groups in total. The fourth-order valence-electron chi connectivity index (χ4n) is 2.87. The van der Waals surface area contributed by atoms with Gasteiger partial charge in [-0.2, -0.15) is 0 Å². The largest absolute Gasteiger partial charge is 0.312 e. The van der Waals surface area contributed by atoms with Crippen LogP contribution in [0.1, 0.15) is 52.0 Å². The van der Waals surface area contributed by atoms with Crippen molar-refractivity contribution in [2.45, 2.75) is 65.1 Å². The van der Waals surface area contributed by atoms with E-state index < -0.39 is 0 Å². The lowest BCUT2D eigenvalue weighted by molar-refractivity contribution is 0.172. The molecule has 1 aromatic heterocycles. The van der Waals surface area contributed by atoms with E-state index >= 15 is 0 Å². The number of pyridine rings is 1. The highest BCUT2D eigenvalue weighted by molar-refractivity contribution is 5.09. The maximum atomic E-state index is 4.09. The van der Waals surface area contributed by atoms with Crippen LogP contribution in [0, 0.1) is 0 Å². The summed E-state index contributed by atoms with van der Waals surface area (Å²) in [7, 11) is 2.24. The summed E-state index contributed by atoms with van der Waals surface area (Å²) in [6, 6.07) is 5.40. The smallest absolute Gasteiger partial charge is 0.0271 e. The van der Waals surface area contributed by atoms with E-state index in [4.69, 9.17) is 0 Å². The molecular weight excluding hydrogens is 246 g/mol. The Balaban J connectivity index is 2.65. The molecule has 0 saturated heterocycles. The zero-order valence-corrected chi connectivity index (χ0v) is 13.6. The molecule has 0 aliphatic carbocycles. The van der Waals surface area contributed by atoms with E-state index in [1.54, 1.807) is 0 Å². The number of aromatic nitrogens is 1. The van der Waals surface area contributed by atoms with Crippen LogP contribution >= 0.6 is 0 Å². The third-order valence-electron chi connectivity index (χ3n) is 3.89. The molecule has 0 aliphatic rings. The van der Waals surface area contributed by atoms with Gasteiger partial charge in [0, 0.05) is 31.0 Å². The van der Waals surface area contributed by atoms with Crippen LogP contribution in [0.4, 0.5) is 0 Å². The van der Waals surface area contributed by atoms with Crippen LogP contribution < -0.4 is 5.32 Å². The predicted molar refractivity (Wildman–Crippen MR) is 86.8 cm³/mol. The summed E-state index contributed by atoms with van der Waals surface area (Å²) < 4.78 is 0. The number of nitrogens with zero attached hydrogens (tertiary/aromatic N) is 2. The molecule has 2 unspecified atom stereocenters. The Morgan fingerprint density at radius 3 is 2.40 bits per heavy atom. The third kappa shape index (κ3) is 5.59. The number of rotatable bonds is 10. The molecule has 1 rings (SSSR count). The Kier molecular flexibility index (Phi) is 8.47. The minimum absolute atomic E-state index is 0.592. The molecule has 20 heavy (non-hydrogen) atoms. The number of likely N-dealkylation sites (N-methyl/N-ethyl adjacent to an activating group) is 1. The summed E-state index contributed by atoms with van der Waals surface area (Å²) in [6.07, 6.45) is 8.62. The van der Waals surface area contributed by atoms with E-state index in [0.717, 1.165) is 13.1 Å². The third-order valence-corrected chi connectivity index (χ3v) is 3.89. The van der Waals surface area contributed by atoms with Crippen LogP contribution in [-0.4, -0.2) is 35.6 Å². The van der Waals surface area contributed by atoms with Gasteiger partial charge in [-0.25, -0.2) is 0 Å². The highest BCUT2D eigenvalue weighted by atomic mass is 15.2. The molecule has 0 saturated carbocycles. The van der Waals surface area contributed by atoms with Gasteiger partial charge in [0.1, 0.15) is 0 Å². The van der Waals surface area contributed by atoms with Crippen molar-refractivity contribution in [2.24, 2.45) is 0 Å². The normalized spacial score (nSPS) is 14.4. The molecule has 1 aromatic rings. The Hall–Kier alpha value is -0.930. The minimum Gasteiger partial charge on any atom is -0.312 e. The first kappa shape index (κ1) is 17.1. The van der Waals surface area contributed by atoms with Crippen LogP contribution in [0.5, 0.6) is 0 Å². The predicted octanol–water partition coefficient (Wildman–Crippen LogP) is 3.46. The van der Waals surface area contributed by atoms with Gasteiger partial charge in [0.15, 0.2) is 0 Å². The molecule has 0 aromatic carbocycles. The standard InChI is InChI=1S/C17H31N3/c1-5-8-16(19-11-6-2)17(7-3)20(4)14-15-9-12-18-13-10-15/h9-10,12-13,16-17,19H,5-8,11,14H2,1-4H3. The van der Waals surface area contributed by atoms with Crippen molar-refractivity contribution in [1.82, 2.24) is 15.2 Å². The number of nitrogens with one attached hydrogen (secondary N) is 1. The Morgan fingerprint density at radius 1 is 1.15 bits per heavy atom. The zero-order valence-electron chi connectivity index (χ0n) is 13.6. The second-order valence-electron chi connectivity index (χ2n) is 5.60. The maximum absolute atomic E-state index is 4.09. The fourth-order valence-corrected chi connectivity index (χ4v) is 2.87. The van der Waals surface area contributed by atoms with E-state index in [-0.39, 0.29) is 0 Å². The molecule has 3 nitrogen and oxygen atoms in total. The van der Waals surface area contributed by atoms with Crippen molar-refractivity contribution in [3.63, 3.8) is 0 Å². The summed E-state index contributed by atoms with van der Waals surface area (Å²) in [6.45, 7) is 8.91. The molecule has 2 atom stereocenters. The molecule has 0 radical (unpaired) electrons. The van der Waals surface area contributed by atoms with Crippen molar-refractivity contribution in [3.05, 3.63) is 30.1 Å². The summed E-state index contributed by atoms with van der Waals surface area (Å²) in [5.74, 6) is 0. The molecule has 3 heteroatoms. The van der Waals surface area contributed by atoms with E-state index in [9.17, 15) is 0 Å². The lowest BCUT2D eigenvalue weighted by Crippen LogP contribution is -2.48. The highest BCUT2D eigenvalue weighted by Gasteiger charge is 2.22. The number of hydrogen-bond donors (Lipinski definition) is 1. The molecule has 114 valence electrons. The molecule has 1 heterocycles. The summed E-state index contributed by atoms with van der Waals surface area (Å²) in [5.41, 5.74) is 1.34. The van der Waals surface area contributed by atoms with E-state index in [2.05, 4.69) is 55.2 Å². The first-order valence-corrected chi connectivity index (χ1v) is 8.05. The van der Waals surface area contributed by atoms with Gasteiger partial charge in [0.05, 0.1) is 0 Å². The highest BCUT2D eigenvalue weighted by Crippen LogP contribution is 2.15. The molecule has 0 spiro atoms. The quantitative estimate of drug-likeness (QED) is 0.710. The maximum Gasteiger partial charge on any atom is 0.0271 e. The van der Waals surface area contributed by atoms with Gasteiger partial charge in [0.2, 0.25) is 0 Å². The molecular formula is C17H31N3. The first-order valence-electron chi connectivity index (χ1n) is 8.05. The number of hydrogen-bond acceptors (Lipinski definition) is 3. The van der Waals surface area contributed by atoms with Crippen molar-refractivity contribution in [1.29, 1.82) is 0 Å². The second kappa shape index (κ2) is 9.89. The van der Waals surface area contributed by atoms with Gasteiger partial charge in [-0.05, 0) is 50.6 Å². The average molecular weight is 277 g/mol. The van der Waals surface area contributed by atoms with Gasteiger partial charge in [0.25, 0.3) is 0 Å². The monoisotopic (exact) mass is 277 g/mol. The van der Waals surface area contributed by atoms with Crippen LogP contribution in [-0.2, 0) is 6.54 Å². The first-order chi connectivity index (χ1) is 9.72. The average Bonchev–Trinajstić information content (AvgIpc) is 2.46. The zero-order chi connectivity index (χ0) is 14.8. The van der Waals surface area contributed by atoms with Gasteiger partial charge >= 0.3 is 0 Å². The Bertz CT molecular complexity index is 339. The molecule has 0 fully saturated rings. The molecule has 0 amide bonds. The SMILES string of the molecule is CCCNC(CCC)C(CC)N(C)Cc1ccncc1. The Morgan fingerprint density at radius 2 is 1.85 bits per heavy atom. The van der Waals surface area contributed by atoms with Crippen LogP contribution in [0.3, 0.4) is 0 Å². The Labute approximate surface area is 124 Å². The summed E-state index contributed by atoms with van der Waals surface area (Å²) in [4.78, 5) is 6.58. The lowest BCUT2D eigenvalue weighted by atomic mass is 9.99. The van der Waals surface area contributed by atoms with Crippen molar-refractivity contribution in [2.75, 3.05) is 13.6 Å². The van der Waals surface area contributed by atoms with Gasteiger partial charge in [-0.15, -0.1) is 0 Å². The van der Waals surface area contributed by atoms with Crippen molar-refractivity contribution < 1.29 is 0 Å². The molecule has 0 aliphatic heterocycles. The fraction of sp³-hybridized carbons (Fsp3) is 0.706. The van der Waals surface area contributed by atoms with E-state index in [1.165, 1.54) is 31.2 Å². The summed E-state index contributed by atoms with van der Waals surface area (Å²) in [5, 5.41) is 3.73. The minimum atomic E-state index is 0.592. The van der Waals surface area contributed by atoms with Gasteiger partial charge in [-0.3, -0.25) is 9.88 Å². The lowest BCUT2D eigenvalue weighted by Gasteiger charge is -2.35. The van der Waals surface area contributed by atoms with Gasteiger partial charge in [-0.1, -0.05) is 27.2 Å². The van der Waals surface area contributed by atoms with E-state index in [0.29, 0.717) is 12.1 Å². The van der Waals surface area contributed by atoms with Crippen LogP contribution in [0.15, 0.2) is 24.5 Å². The second-order valence-corrected chi connectivity index (χ2v) is 5.60. The van der Waals surface area contributed by atoms with Crippen LogP contribution in [0.25, 0.3) is 0 Å². The van der Waals surface area contributed by atoms with Crippen molar-refractivity contribution >= 4 is 0 Å².